The normalized spacial score (nSPS) is 29.5. The fourth-order valence-corrected chi connectivity index (χ4v) is 2.02. The predicted molar refractivity (Wildman–Crippen MR) is 40.0 cm³/mol. The third-order valence-corrected chi connectivity index (χ3v) is 3.10. The van der Waals surface area contributed by atoms with Gasteiger partial charge in [-0.2, -0.15) is 0 Å². The lowest BCUT2D eigenvalue weighted by Crippen LogP contribution is -2.40. The van der Waals surface area contributed by atoms with E-state index in [0.29, 0.717) is 5.92 Å². The molecule has 0 aromatic heterocycles. The smallest absolute Gasteiger partial charge is 0.321 e. The predicted octanol–water partition coefficient (Wildman–Crippen LogP) is 0.588. The van der Waals surface area contributed by atoms with Crippen LogP contribution in [0, 0.1) is 11.3 Å². The summed E-state index contributed by atoms with van der Waals surface area (Å²) in [7, 11) is 0. The van der Waals surface area contributed by atoms with Gasteiger partial charge in [0.15, 0.2) is 0 Å². The molecule has 1 unspecified atom stereocenters. The van der Waals surface area contributed by atoms with E-state index >= 15 is 0 Å². The van der Waals surface area contributed by atoms with Crippen molar-refractivity contribution in [1.29, 1.82) is 0 Å². The molecule has 0 aromatic carbocycles. The number of carbonyl (C=O) groups is 1. The third kappa shape index (κ3) is 0.948. The van der Waals surface area contributed by atoms with Gasteiger partial charge in [-0.15, -0.1) is 0 Å². The van der Waals surface area contributed by atoms with Crippen LogP contribution in [-0.2, 0) is 4.79 Å². The maximum atomic E-state index is 10.6. The second kappa shape index (κ2) is 1.97. The highest BCUT2D eigenvalue weighted by atomic mass is 16.4. The van der Waals surface area contributed by atoms with Crippen molar-refractivity contribution in [1.82, 2.24) is 0 Å². The number of carboxylic acid groups (broad SMARTS) is 1. The minimum absolute atomic E-state index is 0.0197. The molecule has 62 valence electrons. The van der Waals surface area contributed by atoms with E-state index in [1.807, 2.05) is 0 Å². The summed E-state index contributed by atoms with van der Waals surface area (Å²) in [4.78, 5) is 10.6. The number of aliphatic carboxylic acids is 1. The molecule has 0 aliphatic heterocycles. The van der Waals surface area contributed by atoms with Gasteiger partial charge in [-0.1, -0.05) is 0 Å². The minimum Gasteiger partial charge on any atom is -0.480 e. The standard InChI is InChI=1S/C8H13NO2/c9-6(7(10)11)8(3-4-8)5-1-2-5/h5-6H,1-4,9H2,(H,10,11). The van der Waals surface area contributed by atoms with Crippen molar-refractivity contribution < 1.29 is 9.90 Å². The summed E-state index contributed by atoms with van der Waals surface area (Å²) in [5.74, 6) is -0.192. The Morgan fingerprint density at radius 3 is 2.36 bits per heavy atom. The van der Waals surface area contributed by atoms with Crippen molar-refractivity contribution in [2.45, 2.75) is 31.7 Å². The highest BCUT2D eigenvalue weighted by Crippen LogP contribution is 2.62. The van der Waals surface area contributed by atoms with E-state index < -0.39 is 12.0 Å². The molecule has 11 heavy (non-hydrogen) atoms. The van der Waals surface area contributed by atoms with Crippen LogP contribution in [0.3, 0.4) is 0 Å². The lowest BCUT2D eigenvalue weighted by Gasteiger charge is -2.18. The molecule has 2 aliphatic carbocycles. The summed E-state index contributed by atoms with van der Waals surface area (Å²) in [6.07, 6.45) is 4.46. The van der Waals surface area contributed by atoms with Gasteiger partial charge in [-0.05, 0) is 37.0 Å². The molecule has 2 aliphatic rings. The van der Waals surface area contributed by atoms with Gasteiger partial charge in [0, 0.05) is 0 Å². The van der Waals surface area contributed by atoms with E-state index in [1.54, 1.807) is 0 Å². The summed E-state index contributed by atoms with van der Waals surface area (Å²) in [5, 5.41) is 8.71. The second-order valence-electron chi connectivity index (χ2n) is 3.82. The van der Waals surface area contributed by atoms with Crippen LogP contribution in [0.25, 0.3) is 0 Å². The van der Waals surface area contributed by atoms with Crippen LogP contribution in [0.15, 0.2) is 0 Å². The van der Waals surface area contributed by atoms with Crippen molar-refractivity contribution >= 4 is 5.97 Å². The topological polar surface area (TPSA) is 63.3 Å². The maximum Gasteiger partial charge on any atom is 0.321 e. The van der Waals surface area contributed by atoms with Crippen LogP contribution in [0.2, 0.25) is 0 Å². The molecule has 0 spiro atoms. The first-order chi connectivity index (χ1) is 5.17. The Bertz CT molecular complexity index is 194. The molecular weight excluding hydrogens is 142 g/mol. The molecule has 2 saturated carbocycles. The zero-order valence-electron chi connectivity index (χ0n) is 6.42. The molecule has 0 saturated heterocycles. The van der Waals surface area contributed by atoms with Crippen LogP contribution in [-0.4, -0.2) is 17.1 Å². The van der Waals surface area contributed by atoms with Crippen LogP contribution in [0.5, 0.6) is 0 Å². The first-order valence-corrected chi connectivity index (χ1v) is 4.15. The van der Waals surface area contributed by atoms with Gasteiger partial charge in [0.1, 0.15) is 6.04 Å². The highest BCUT2D eigenvalue weighted by molar-refractivity contribution is 5.75. The number of rotatable bonds is 3. The zero-order chi connectivity index (χ0) is 8.06. The second-order valence-corrected chi connectivity index (χ2v) is 3.82. The van der Waals surface area contributed by atoms with Crippen molar-refractivity contribution in [3.63, 3.8) is 0 Å². The van der Waals surface area contributed by atoms with Gasteiger partial charge in [0.25, 0.3) is 0 Å². The molecule has 3 N–H and O–H groups in total. The average molecular weight is 155 g/mol. The third-order valence-electron chi connectivity index (χ3n) is 3.10. The molecule has 1 atom stereocenters. The Balaban J connectivity index is 2.07. The van der Waals surface area contributed by atoms with Gasteiger partial charge in [0.2, 0.25) is 0 Å². The largest absolute Gasteiger partial charge is 0.480 e. The Labute approximate surface area is 65.6 Å². The Kier molecular flexibility index (Phi) is 1.27. The van der Waals surface area contributed by atoms with E-state index in [4.69, 9.17) is 10.8 Å². The number of hydrogen-bond donors (Lipinski definition) is 2. The first-order valence-electron chi connectivity index (χ1n) is 4.15. The molecule has 2 rings (SSSR count). The Morgan fingerprint density at radius 1 is 1.55 bits per heavy atom. The van der Waals surface area contributed by atoms with Crippen LogP contribution < -0.4 is 5.73 Å². The molecule has 0 aromatic rings. The molecule has 0 amide bonds. The minimum atomic E-state index is -0.825. The molecule has 0 bridgehead atoms. The molecule has 2 fully saturated rings. The van der Waals surface area contributed by atoms with Crippen LogP contribution >= 0.6 is 0 Å². The van der Waals surface area contributed by atoms with E-state index in [-0.39, 0.29) is 5.41 Å². The van der Waals surface area contributed by atoms with E-state index in [9.17, 15) is 4.79 Å². The Hall–Kier alpha value is -0.570. The lowest BCUT2D eigenvalue weighted by molar-refractivity contribution is -0.140. The summed E-state index contributed by atoms with van der Waals surface area (Å²) in [6, 6.07) is -0.602. The van der Waals surface area contributed by atoms with Gasteiger partial charge in [-0.3, -0.25) is 4.79 Å². The summed E-state index contributed by atoms with van der Waals surface area (Å²) >= 11 is 0. The van der Waals surface area contributed by atoms with Gasteiger partial charge in [-0.25, -0.2) is 0 Å². The number of carboxylic acids is 1. The van der Waals surface area contributed by atoms with Crippen LogP contribution in [0.4, 0.5) is 0 Å². The molecule has 0 heterocycles. The van der Waals surface area contributed by atoms with E-state index in [1.165, 1.54) is 12.8 Å². The van der Waals surface area contributed by atoms with Gasteiger partial charge < -0.3 is 10.8 Å². The highest BCUT2D eigenvalue weighted by Gasteiger charge is 2.59. The maximum absolute atomic E-state index is 10.6. The summed E-state index contributed by atoms with van der Waals surface area (Å²) in [5.41, 5.74) is 5.62. The monoisotopic (exact) mass is 155 g/mol. The Morgan fingerprint density at radius 2 is 2.09 bits per heavy atom. The zero-order valence-corrected chi connectivity index (χ0v) is 6.42. The van der Waals surface area contributed by atoms with Gasteiger partial charge in [0.05, 0.1) is 0 Å². The van der Waals surface area contributed by atoms with E-state index in [0.717, 1.165) is 12.8 Å². The summed E-state index contributed by atoms with van der Waals surface area (Å²) < 4.78 is 0. The van der Waals surface area contributed by atoms with Crippen molar-refractivity contribution in [2.75, 3.05) is 0 Å². The molecule has 3 nitrogen and oxygen atoms in total. The quantitative estimate of drug-likeness (QED) is 0.627. The van der Waals surface area contributed by atoms with E-state index in [2.05, 4.69) is 0 Å². The number of nitrogens with two attached hydrogens (primary N) is 1. The lowest BCUT2D eigenvalue weighted by atomic mass is 9.92. The fourth-order valence-electron chi connectivity index (χ4n) is 2.02. The molecule has 3 heteroatoms. The fraction of sp³-hybridized carbons (Fsp3) is 0.875. The average Bonchev–Trinajstić information content (AvgIpc) is 2.79. The molecule has 0 radical (unpaired) electrons. The van der Waals surface area contributed by atoms with Crippen molar-refractivity contribution in [3.8, 4) is 0 Å². The molecular formula is C8H13NO2. The van der Waals surface area contributed by atoms with Crippen LogP contribution in [0.1, 0.15) is 25.7 Å². The summed E-state index contributed by atoms with van der Waals surface area (Å²) in [6.45, 7) is 0. The van der Waals surface area contributed by atoms with Gasteiger partial charge >= 0.3 is 5.97 Å². The SMILES string of the molecule is NC(C(=O)O)C1(C2CC2)CC1. The first kappa shape index (κ1) is 7.10. The number of hydrogen-bond acceptors (Lipinski definition) is 2. The van der Waals surface area contributed by atoms with Crippen molar-refractivity contribution in [3.05, 3.63) is 0 Å². The van der Waals surface area contributed by atoms with Crippen molar-refractivity contribution in [2.24, 2.45) is 17.1 Å².